The Morgan fingerprint density at radius 2 is 1.67 bits per heavy atom. The molecule has 0 spiro atoms. The van der Waals surface area contributed by atoms with E-state index in [-0.39, 0.29) is 35.6 Å². The summed E-state index contributed by atoms with van der Waals surface area (Å²) in [5.41, 5.74) is 1.29. The summed E-state index contributed by atoms with van der Waals surface area (Å²) in [6.45, 7) is 7.81. The molecule has 0 radical (unpaired) electrons. The van der Waals surface area contributed by atoms with Gasteiger partial charge in [0.1, 0.15) is 12.6 Å². The number of alkyl carbamates (subject to hydrolysis) is 1. The van der Waals surface area contributed by atoms with Gasteiger partial charge in [-0.1, -0.05) is 51.1 Å². The molecule has 1 aromatic rings. The minimum absolute atomic E-state index is 0.135. The second-order valence-electron chi connectivity index (χ2n) is 16.1. The molecule has 1 aromatic carbocycles. The molecule has 0 aromatic heterocycles. The Kier molecular flexibility index (Phi) is 12.1. The van der Waals surface area contributed by atoms with E-state index in [4.69, 9.17) is 9.47 Å². The lowest BCUT2D eigenvalue weighted by Crippen LogP contribution is -2.58. The number of amides is 2. The SMILES string of the molecule is COC(=O)[C@H](CCCCNC(=O)OCc1ccccc1)NC(=O)CC[C@@H](C)C1CCC2C3C(CC[C@@]21C)[C@@]1(C)CC[C@@H](O)CC1C[C@H]3O. The van der Waals surface area contributed by atoms with Gasteiger partial charge in [0.05, 0.1) is 19.3 Å². The van der Waals surface area contributed by atoms with Crippen LogP contribution in [0.3, 0.4) is 0 Å². The van der Waals surface area contributed by atoms with Gasteiger partial charge in [-0.3, -0.25) is 4.79 Å². The maximum atomic E-state index is 13.1. The number of aliphatic hydroxyl groups excluding tert-OH is 2. The normalized spacial score (nSPS) is 35.2. The van der Waals surface area contributed by atoms with Crippen LogP contribution in [0.15, 0.2) is 30.3 Å². The number of aliphatic hydroxyl groups is 2. The van der Waals surface area contributed by atoms with E-state index < -0.39 is 18.1 Å². The number of rotatable bonds is 13. The Morgan fingerprint density at radius 1 is 0.938 bits per heavy atom. The lowest BCUT2D eigenvalue weighted by Gasteiger charge is -2.62. The fourth-order valence-electron chi connectivity index (χ4n) is 10.8. The summed E-state index contributed by atoms with van der Waals surface area (Å²) >= 11 is 0. The number of fused-ring (bicyclic) bond motifs is 5. The molecule has 268 valence electrons. The van der Waals surface area contributed by atoms with Crippen molar-refractivity contribution in [3.8, 4) is 0 Å². The highest BCUT2D eigenvalue weighted by Gasteiger charge is 2.62. The minimum atomic E-state index is -0.717. The van der Waals surface area contributed by atoms with Gasteiger partial charge >= 0.3 is 12.1 Å². The Labute approximate surface area is 287 Å². The van der Waals surface area contributed by atoms with E-state index in [1.54, 1.807) is 0 Å². The van der Waals surface area contributed by atoms with E-state index in [9.17, 15) is 24.6 Å². The largest absolute Gasteiger partial charge is 0.467 e. The third-order valence-electron chi connectivity index (χ3n) is 13.5. The Hall–Kier alpha value is -2.65. The Balaban J connectivity index is 1.06. The van der Waals surface area contributed by atoms with Gasteiger partial charge in [0.15, 0.2) is 0 Å². The van der Waals surface area contributed by atoms with E-state index in [1.165, 1.54) is 13.5 Å². The van der Waals surface area contributed by atoms with Crippen molar-refractivity contribution in [3.05, 3.63) is 35.9 Å². The molecule has 5 rings (SSSR count). The molecule has 4 fully saturated rings. The number of hydrogen-bond donors (Lipinski definition) is 4. The number of carbonyl (C=O) groups excluding carboxylic acids is 3. The molecule has 9 nitrogen and oxygen atoms in total. The van der Waals surface area contributed by atoms with Crippen LogP contribution < -0.4 is 10.6 Å². The Bertz CT molecular complexity index is 1240. The average Bonchev–Trinajstić information content (AvgIpc) is 3.43. The summed E-state index contributed by atoms with van der Waals surface area (Å²) in [7, 11) is 1.33. The van der Waals surface area contributed by atoms with Gasteiger partial charge in [-0.2, -0.15) is 0 Å². The number of benzene rings is 1. The van der Waals surface area contributed by atoms with Crippen molar-refractivity contribution in [1.29, 1.82) is 0 Å². The zero-order valence-corrected chi connectivity index (χ0v) is 29.6. The zero-order valence-electron chi connectivity index (χ0n) is 29.6. The first-order chi connectivity index (χ1) is 23.0. The van der Waals surface area contributed by atoms with Crippen LogP contribution >= 0.6 is 0 Å². The van der Waals surface area contributed by atoms with Gasteiger partial charge < -0.3 is 30.3 Å². The van der Waals surface area contributed by atoms with Gasteiger partial charge in [-0.05, 0) is 129 Å². The summed E-state index contributed by atoms with van der Waals surface area (Å²) in [6.07, 6.45) is 10.0. The third-order valence-corrected chi connectivity index (χ3v) is 13.5. The van der Waals surface area contributed by atoms with Crippen LogP contribution in [0.25, 0.3) is 0 Å². The van der Waals surface area contributed by atoms with Crippen molar-refractivity contribution >= 4 is 18.0 Å². The lowest BCUT2D eigenvalue weighted by atomic mass is 9.43. The van der Waals surface area contributed by atoms with E-state index in [1.807, 2.05) is 30.3 Å². The van der Waals surface area contributed by atoms with E-state index in [2.05, 4.69) is 31.4 Å². The summed E-state index contributed by atoms with van der Waals surface area (Å²) in [4.78, 5) is 37.6. The molecule has 11 atom stereocenters. The number of hydrogen-bond acceptors (Lipinski definition) is 7. The quantitative estimate of drug-likeness (QED) is 0.146. The number of nitrogens with one attached hydrogen (secondary N) is 2. The fourth-order valence-corrected chi connectivity index (χ4v) is 10.8. The highest BCUT2D eigenvalue weighted by molar-refractivity contribution is 5.84. The van der Waals surface area contributed by atoms with Crippen LogP contribution in [0.5, 0.6) is 0 Å². The molecule has 48 heavy (non-hydrogen) atoms. The van der Waals surface area contributed by atoms with Gasteiger partial charge in [-0.25, -0.2) is 9.59 Å². The molecule has 9 heteroatoms. The molecule has 2 amide bonds. The van der Waals surface area contributed by atoms with Gasteiger partial charge in [-0.15, -0.1) is 0 Å². The van der Waals surface area contributed by atoms with Crippen molar-refractivity contribution in [2.45, 2.75) is 129 Å². The number of esters is 1. The van der Waals surface area contributed by atoms with E-state index in [0.29, 0.717) is 67.7 Å². The first-order valence-corrected chi connectivity index (χ1v) is 18.6. The average molecular weight is 669 g/mol. The van der Waals surface area contributed by atoms with Crippen LogP contribution in [0.1, 0.15) is 110 Å². The summed E-state index contributed by atoms with van der Waals surface area (Å²) in [6, 6.07) is 8.77. The van der Waals surface area contributed by atoms with Crippen molar-refractivity contribution in [2.75, 3.05) is 13.7 Å². The summed E-state index contributed by atoms with van der Waals surface area (Å²) in [5, 5.41) is 27.6. The first-order valence-electron chi connectivity index (χ1n) is 18.6. The molecular weight excluding hydrogens is 608 g/mol. The standard InChI is InChI=1S/C39H60N2O7/c1-25(29-14-15-30-35-31(18-20-39(29,30)3)38(2)19-17-28(42)22-27(38)23-33(35)43)13-16-34(44)41-32(36(45)47-4)12-8-9-21-40-37(46)48-24-26-10-6-5-7-11-26/h5-7,10-11,25,27-33,35,42-43H,8-9,12-24H2,1-4H3,(H,40,46)(H,41,44)/t25-,27?,28-,29?,30?,31?,32+,33-,35?,38+,39-/m1/s1. The predicted octanol–water partition coefficient (Wildman–Crippen LogP) is 6.15. The molecule has 4 aliphatic carbocycles. The second kappa shape index (κ2) is 15.9. The summed E-state index contributed by atoms with van der Waals surface area (Å²) in [5.74, 6) is 2.05. The van der Waals surface area contributed by atoms with Gasteiger partial charge in [0.2, 0.25) is 5.91 Å². The molecule has 0 heterocycles. The number of methoxy groups -OCH3 is 1. The van der Waals surface area contributed by atoms with Crippen LogP contribution in [0, 0.1) is 46.3 Å². The zero-order chi connectivity index (χ0) is 34.5. The predicted molar refractivity (Wildman–Crippen MR) is 183 cm³/mol. The van der Waals surface area contributed by atoms with Crippen LogP contribution in [0.4, 0.5) is 4.79 Å². The van der Waals surface area contributed by atoms with Crippen LogP contribution in [-0.4, -0.2) is 60.1 Å². The first kappa shape index (κ1) is 36.6. The molecule has 0 aliphatic heterocycles. The highest BCUT2D eigenvalue weighted by Crippen LogP contribution is 2.68. The van der Waals surface area contributed by atoms with E-state index in [0.717, 1.165) is 56.9 Å². The maximum Gasteiger partial charge on any atom is 0.407 e. The topological polar surface area (TPSA) is 134 Å². The molecule has 4 saturated carbocycles. The number of ether oxygens (including phenoxy) is 2. The van der Waals surface area contributed by atoms with E-state index >= 15 is 0 Å². The highest BCUT2D eigenvalue weighted by atomic mass is 16.5. The molecule has 4 aliphatic rings. The monoisotopic (exact) mass is 668 g/mol. The molecule has 4 N–H and O–H groups in total. The molecule has 5 unspecified atom stereocenters. The molecule has 0 bridgehead atoms. The van der Waals surface area contributed by atoms with Crippen LogP contribution in [-0.2, 0) is 25.7 Å². The van der Waals surface area contributed by atoms with Gasteiger partial charge in [0, 0.05) is 13.0 Å². The Morgan fingerprint density at radius 3 is 2.42 bits per heavy atom. The molecular formula is C39H60N2O7. The smallest absolute Gasteiger partial charge is 0.407 e. The van der Waals surface area contributed by atoms with Crippen molar-refractivity contribution in [2.24, 2.45) is 46.3 Å². The third kappa shape index (κ3) is 8.04. The van der Waals surface area contributed by atoms with Crippen molar-refractivity contribution in [3.63, 3.8) is 0 Å². The number of unbranched alkanes of at least 4 members (excludes halogenated alkanes) is 1. The fraction of sp³-hybridized carbons (Fsp3) is 0.769. The maximum absolute atomic E-state index is 13.1. The number of carbonyl (C=O) groups is 3. The lowest BCUT2D eigenvalue weighted by molar-refractivity contribution is -0.174. The molecule has 0 saturated heterocycles. The van der Waals surface area contributed by atoms with Crippen LogP contribution in [0.2, 0.25) is 0 Å². The minimum Gasteiger partial charge on any atom is -0.467 e. The summed E-state index contributed by atoms with van der Waals surface area (Å²) < 4.78 is 10.2. The van der Waals surface area contributed by atoms with Crippen molar-refractivity contribution < 1.29 is 34.1 Å². The second-order valence-corrected chi connectivity index (χ2v) is 16.1. The van der Waals surface area contributed by atoms with Crippen molar-refractivity contribution in [1.82, 2.24) is 10.6 Å². The van der Waals surface area contributed by atoms with Gasteiger partial charge in [0.25, 0.3) is 0 Å².